The first-order chi connectivity index (χ1) is 14.1. The number of amides is 3. The van der Waals surface area contributed by atoms with Crippen molar-refractivity contribution in [3.05, 3.63) is 35.4 Å². The van der Waals surface area contributed by atoms with Crippen molar-refractivity contribution in [2.45, 2.75) is 32.6 Å². The Balaban J connectivity index is 1.57. The number of ether oxygens (including phenoxy) is 1. The molecular formula is C21H31N3O5. The molecule has 2 N–H and O–H groups in total. The van der Waals surface area contributed by atoms with E-state index in [2.05, 4.69) is 10.6 Å². The normalized spacial score (nSPS) is 14.2. The average molecular weight is 405 g/mol. The molecule has 160 valence electrons. The number of hydrogen-bond donors (Lipinski definition) is 2. The molecule has 0 saturated carbocycles. The standard InChI is InChI=1S/C21H31N3O5/c1-3-16(8-6-7-11-22-2)19(25)23-12-13-28-14-15-29-24-20(26)17-9-4-5-10-18(17)21(24)27/h4-5,9-10,16,22H,3,6-8,11-15H2,1-2H3,(H,23,25). The Morgan fingerprint density at radius 3 is 2.34 bits per heavy atom. The predicted octanol–water partition coefficient (Wildman–Crippen LogP) is 1.76. The Kier molecular flexibility index (Phi) is 9.76. The fraction of sp³-hybridized carbons (Fsp3) is 0.571. The van der Waals surface area contributed by atoms with E-state index in [-0.39, 0.29) is 25.0 Å². The van der Waals surface area contributed by atoms with Crippen LogP contribution in [0.5, 0.6) is 0 Å². The molecular weight excluding hydrogens is 374 g/mol. The van der Waals surface area contributed by atoms with E-state index >= 15 is 0 Å². The Bertz CT molecular complexity index is 660. The van der Waals surface area contributed by atoms with Crippen LogP contribution in [0.4, 0.5) is 0 Å². The fourth-order valence-electron chi connectivity index (χ4n) is 3.18. The Morgan fingerprint density at radius 2 is 1.72 bits per heavy atom. The molecule has 1 heterocycles. The number of imide groups is 1. The molecule has 0 radical (unpaired) electrons. The van der Waals surface area contributed by atoms with Gasteiger partial charge in [-0.05, 0) is 45.0 Å². The van der Waals surface area contributed by atoms with Crippen LogP contribution in [0.25, 0.3) is 0 Å². The van der Waals surface area contributed by atoms with Crippen LogP contribution in [0.1, 0.15) is 53.3 Å². The first-order valence-corrected chi connectivity index (χ1v) is 10.2. The summed E-state index contributed by atoms with van der Waals surface area (Å²) in [4.78, 5) is 41.7. The third-order valence-electron chi connectivity index (χ3n) is 4.84. The van der Waals surface area contributed by atoms with Gasteiger partial charge in [0.05, 0.1) is 30.9 Å². The lowest BCUT2D eigenvalue weighted by Crippen LogP contribution is -2.34. The zero-order valence-electron chi connectivity index (χ0n) is 17.2. The molecule has 1 atom stereocenters. The number of rotatable bonds is 14. The molecule has 1 aromatic rings. The van der Waals surface area contributed by atoms with Gasteiger partial charge in [-0.15, -0.1) is 5.06 Å². The number of hydroxylamine groups is 2. The lowest BCUT2D eigenvalue weighted by molar-refractivity contribution is -0.126. The van der Waals surface area contributed by atoms with Crippen LogP contribution in [0, 0.1) is 5.92 Å². The van der Waals surface area contributed by atoms with E-state index in [1.54, 1.807) is 24.3 Å². The second-order valence-corrected chi connectivity index (χ2v) is 6.89. The molecule has 0 fully saturated rings. The van der Waals surface area contributed by atoms with Gasteiger partial charge in [-0.1, -0.05) is 25.5 Å². The van der Waals surface area contributed by atoms with Crippen molar-refractivity contribution in [3.8, 4) is 0 Å². The van der Waals surface area contributed by atoms with Crippen LogP contribution in [0.15, 0.2) is 24.3 Å². The highest BCUT2D eigenvalue weighted by molar-refractivity contribution is 6.20. The zero-order valence-corrected chi connectivity index (χ0v) is 17.2. The van der Waals surface area contributed by atoms with Crippen molar-refractivity contribution in [1.29, 1.82) is 0 Å². The molecule has 0 bridgehead atoms. The number of hydrogen-bond acceptors (Lipinski definition) is 6. The van der Waals surface area contributed by atoms with E-state index in [0.717, 1.165) is 37.3 Å². The Morgan fingerprint density at radius 1 is 1.03 bits per heavy atom. The van der Waals surface area contributed by atoms with Crippen LogP contribution in [-0.4, -0.2) is 62.7 Å². The maximum absolute atomic E-state index is 12.2. The van der Waals surface area contributed by atoms with Gasteiger partial charge in [0.25, 0.3) is 11.8 Å². The molecule has 2 rings (SSSR count). The Labute approximate surface area is 171 Å². The molecule has 29 heavy (non-hydrogen) atoms. The lowest BCUT2D eigenvalue weighted by Gasteiger charge is -2.15. The highest BCUT2D eigenvalue weighted by Gasteiger charge is 2.36. The molecule has 0 saturated heterocycles. The summed E-state index contributed by atoms with van der Waals surface area (Å²) in [6.45, 7) is 4.03. The lowest BCUT2D eigenvalue weighted by atomic mass is 9.98. The van der Waals surface area contributed by atoms with Gasteiger partial charge < -0.3 is 15.4 Å². The van der Waals surface area contributed by atoms with Gasteiger partial charge >= 0.3 is 0 Å². The quantitative estimate of drug-likeness (QED) is 0.362. The topological polar surface area (TPSA) is 97.0 Å². The van der Waals surface area contributed by atoms with Crippen molar-refractivity contribution >= 4 is 17.7 Å². The van der Waals surface area contributed by atoms with Crippen LogP contribution < -0.4 is 10.6 Å². The molecule has 1 aliphatic heterocycles. The smallest absolute Gasteiger partial charge is 0.285 e. The van der Waals surface area contributed by atoms with Gasteiger partial charge in [0.2, 0.25) is 5.91 Å². The number of unbranched alkanes of at least 4 members (excludes halogenated alkanes) is 1. The molecule has 8 nitrogen and oxygen atoms in total. The largest absolute Gasteiger partial charge is 0.377 e. The summed E-state index contributed by atoms with van der Waals surface area (Å²) in [6.07, 6.45) is 3.80. The second kappa shape index (κ2) is 12.3. The highest BCUT2D eigenvalue weighted by Crippen LogP contribution is 2.22. The summed E-state index contributed by atoms with van der Waals surface area (Å²) in [5.41, 5.74) is 0.690. The van der Waals surface area contributed by atoms with Gasteiger partial charge in [0.15, 0.2) is 0 Å². The Hall–Kier alpha value is -2.29. The third-order valence-corrected chi connectivity index (χ3v) is 4.84. The van der Waals surface area contributed by atoms with E-state index in [1.807, 2.05) is 14.0 Å². The number of benzene rings is 1. The first kappa shape index (κ1) is 23.0. The summed E-state index contributed by atoms with van der Waals surface area (Å²) >= 11 is 0. The number of carbonyl (C=O) groups excluding carboxylic acids is 3. The minimum Gasteiger partial charge on any atom is -0.377 e. The highest BCUT2D eigenvalue weighted by atomic mass is 16.7. The van der Waals surface area contributed by atoms with Crippen molar-refractivity contribution in [2.75, 3.05) is 40.0 Å². The van der Waals surface area contributed by atoms with Crippen LogP contribution in [0.2, 0.25) is 0 Å². The monoisotopic (exact) mass is 405 g/mol. The maximum atomic E-state index is 12.2. The van der Waals surface area contributed by atoms with E-state index in [0.29, 0.717) is 24.3 Å². The molecule has 0 aliphatic carbocycles. The van der Waals surface area contributed by atoms with Gasteiger partial charge in [-0.25, -0.2) is 0 Å². The van der Waals surface area contributed by atoms with Crippen molar-refractivity contribution in [2.24, 2.45) is 5.92 Å². The molecule has 8 heteroatoms. The molecule has 1 aromatic carbocycles. The summed E-state index contributed by atoms with van der Waals surface area (Å²) in [7, 11) is 1.93. The van der Waals surface area contributed by atoms with E-state index in [4.69, 9.17) is 9.57 Å². The van der Waals surface area contributed by atoms with Crippen LogP contribution in [-0.2, 0) is 14.4 Å². The van der Waals surface area contributed by atoms with Gasteiger partial charge in [0.1, 0.15) is 0 Å². The number of fused-ring (bicyclic) bond motifs is 1. The van der Waals surface area contributed by atoms with Crippen LogP contribution >= 0.6 is 0 Å². The summed E-state index contributed by atoms with van der Waals surface area (Å²) in [5.74, 6) is -0.830. The molecule has 1 aliphatic rings. The molecule has 0 aromatic heterocycles. The minimum atomic E-state index is -0.460. The van der Waals surface area contributed by atoms with E-state index in [9.17, 15) is 14.4 Å². The number of nitrogens with one attached hydrogen (secondary N) is 2. The summed E-state index contributed by atoms with van der Waals surface area (Å²) in [5, 5.41) is 6.77. The van der Waals surface area contributed by atoms with Gasteiger partial charge in [-0.2, -0.15) is 0 Å². The van der Waals surface area contributed by atoms with Gasteiger partial charge in [0, 0.05) is 12.5 Å². The SMILES string of the molecule is CCC(CCCCNC)C(=O)NCCOCCON1C(=O)c2ccccc2C1=O. The number of nitrogens with zero attached hydrogens (tertiary/aromatic N) is 1. The fourth-order valence-corrected chi connectivity index (χ4v) is 3.18. The predicted molar refractivity (Wildman–Crippen MR) is 108 cm³/mol. The van der Waals surface area contributed by atoms with E-state index in [1.165, 1.54) is 0 Å². The zero-order chi connectivity index (χ0) is 21.1. The van der Waals surface area contributed by atoms with Crippen molar-refractivity contribution in [3.63, 3.8) is 0 Å². The summed E-state index contributed by atoms with van der Waals surface area (Å²) < 4.78 is 5.42. The third kappa shape index (κ3) is 6.62. The van der Waals surface area contributed by atoms with Crippen molar-refractivity contribution < 1.29 is 24.0 Å². The second-order valence-electron chi connectivity index (χ2n) is 6.89. The van der Waals surface area contributed by atoms with E-state index < -0.39 is 11.8 Å². The first-order valence-electron chi connectivity index (χ1n) is 10.2. The minimum absolute atomic E-state index is 0.0315. The molecule has 0 spiro atoms. The van der Waals surface area contributed by atoms with Crippen LogP contribution in [0.3, 0.4) is 0 Å². The average Bonchev–Trinajstić information content (AvgIpc) is 2.98. The number of carbonyl (C=O) groups is 3. The van der Waals surface area contributed by atoms with Gasteiger partial charge in [-0.3, -0.25) is 19.2 Å². The molecule has 1 unspecified atom stereocenters. The van der Waals surface area contributed by atoms with Crippen molar-refractivity contribution in [1.82, 2.24) is 15.7 Å². The molecule has 3 amide bonds. The maximum Gasteiger partial charge on any atom is 0.285 e. The summed E-state index contributed by atoms with van der Waals surface area (Å²) in [6, 6.07) is 6.61.